The largest absolute Gasteiger partial charge is 0.357 e. The van der Waals surface area contributed by atoms with Gasteiger partial charge in [-0.3, -0.25) is 4.79 Å². The third-order valence-corrected chi connectivity index (χ3v) is 5.20. The van der Waals surface area contributed by atoms with E-state index in [1.807, 2.05) is 12.1 Å². The van der Waals surface area contributed by atoms with Crippen LogP contribution in [0.5, 0.6) is 0 Å². The van der Waals surface area contributed by atoms with Crippen molar-refractivity contribution >= 4 is 23.5 Å². The first-order valence-corrected chi connectivity index (χ1v) is 9.55. The number of carbonyl (C=O) groups is 1. The van der Waals surface area contributed by atoms with E-state index in [4.69, 9.17) is 0 Å². The molecule has 1 saturated heterocycles. The molecular formula is C19H22FN3OS. The maximum absolute atomic E-state index is 13.5. The van der Waals surface area contributed by atoms with Crippen LogP contribution < -0.4 is 10.2 Å². The maximum Gasteiger partial charge on any atom is 0.221 e. The summed E-state index contributed by atoms with van der Waals surface area (Å²) in [6.07, 6.45) is 4.58. The van der Waals surface area contributed by atoms with Crippen LogP contribution in [0.2, 0.25) is 0 Å². The molecule has 4 nitrogen and oxygen atoms in total. The normalized spacial score (nSPS) is 13.9. The quantitative estimate of drug-likeness (QED) is 0.767. The second kappa shape index (κ2) is 8.85. The molecule has 0 atom stereocenters. The highest BCUT2D eigenvalue weighted by Crippen LogP contribution is 2.22. The Labute approximate surface area is 151 Å². The van der Waals surface area contributed by atoms with Crippen LogP contribution in [0.1, 0.15) is 24.8 Å². The number of thioether (sulfide) groups is 1. The second-order valence-corrected chi connectivity index (χ2v) is 7.16. The molecule has 25 heavy (non-hydrogen) atoms. The summed E-state index contributed by atoms with van der Waals surface area (Å²) < 4.78 is 13.5. The van der Waals surface area contributed by atoms with E-state index >= 15 is 0 Å². The maximum atomic E-state index is 13.5. The first-order chi connectivity index (χ1) is 12.2. The molecule has 3 rings (SSSR count). The Bertz CT molecular complexity index is 719. The molecule has 1 fully saturated rings. The number of nitrogens with one attached hydrogen (secondary N) is 1. The van der Waals surface area contributed by atoms with Crippen molar-refractivity contribution in [3.8, 4) is 0 Å². The van der Waals surface area contributed by atoms with E-state index in [1.165, 1.54) is 30.7 Å². The van der Waals surface area contributed by atoms with Gasteiger partial charge in [-0.25, -0.2) is 9.37 Å². The van der Waals surface area contributed by atoms with Gasteiger partial charge in [0, 0.05) is 42.9 Å². The summed E-state index contributed by atoms with van der Waals surface area (Å²) >= 11 is 1.36. The van der Waals surface area contributed by atoms with Gasteiger partial charge in [0.05, 0.1) is 0 Å². The Morgan fingerprint density at radius 3 is 2.84 bits per heavy atom. The summed E-state index contributed by atoms with van der Waals surface area (Å²) in [7, 11) is 0. The zero-order chi connectivity index (χ0) is 17.5. The number of aromatic nitrogens is 1. The molecule has 0 aliphatic carbocycles. The van der Waals surface area contributed by atoms with Crippen LogP contribution in [-0.4, -0.2) is 29.7 Å². The van der Waals surface area contributed by atoms with E-state index in [1.54, 1.807) is 24.4 Å². The minimum absolute atomic E-state index is 0.0247. The van der Waals surface area contributed by atoms with Gasteiger partial charge in [0.1, 0.15) is 11.6 Å². The standard InChI is InChI=1S/C19H22FN3OS/c20-16-5-1-2-6-17(16)25-12-8-19(24)22-14-15-7-9-21-18(13-15)23-10-3-4-11-23/h1-2,5-7,9,13H,3-4,8,10-12,14H2,(H,22,24). The van der Waals surface area contributed by atoms with Gasteiger partial charge < -0.3 is 10.2 Å². The zero-order valence-corrected chi connectivity index (χ0v) is 14.9. The molecule has 1 aromatic heterocycles. The molecule has 0 bridgehead atoms. The minimum atomic E-state index is -0.237. The van der Waals surface area contributed by atoms with Crippen LogP contribution in [0.15, 0.2) is 47.5 Å². The van der Waals surface area contributed by atoms with E-state index in [0.29, 0.717) is 23.6 Å². The topological polar surface area (TPSA) is 45.2 Å². The lowest BCUT2D eigenvalue weighted by atomic mass is 10.2. The van der Waals surface area contributed by atoms with Gasteiger partial charge in [-0.1, -0.05) is 12.1 Å². The third-order valence-electron chi connectivity index (χ3n) is 4.15. The van der Waals surface area contributed by atoms with Crippen molar-refractivity contribution in [1.29, 1.82) is 0 Å². The fourth-order valence-corrected chi connectivity index (χ4v) is 3.68. The first kappa shape index (κ1) is 17.7. The predicted molar refractivity (Wildman–Crippen MR) is 99.3 cm³/mol. The molecule has 0 spiro atoms. The van der Waals surface area contributed by atoms with Gasteiger partial charge in [0.2, 0.25) is 5.91 Å². The molecule has 0 saturated carbocycles. The molecule has 1 aromatic carbocycles. The minimum Gasteiger partial charge on any atom is -0.357 e. The van der Waals surface area contributed by atoms with Crippen LogP contribution in [0.4, 0.5) is 10.2 Å². The Morgan fingerprint density at radius 1 is 1.24 bits per heavy atom. The summed E-state index contributed by atoms with van der Waals surface area (Å²) in [6.45, 7) is 2.60. The van der Waals surface area contributed by atoms with E-state index in [0.717, 1.165) is 24.5 Å². The lowest BCUT2D eigenvalue weighted by Crippen LogP contribution is -2.24. The summed E-state index contributed by atoms with van der Waals surface area (Å²) in [5.74, 6) is 1.28. The number of halogens is 1. The van der Waals surface area contributed by atoms with Gasteiger partial charge in [-0.2, -0.15) is 0 Å². The van der Waals surface area contributed by atoms with Crippen molar-refractivity contribution in [2.24, 2.45) is 0 Å². The van der Waals surface area contributed by atoms with Gasteiger partial charge in [-0.15, -0.1) is 11.8 Å². The van der Waals surface area contributed by atoms with E-state index < -0.39 is 0 Å². The number of carbonyl (C=O) groups excluding carboxylic acids is 1. The number of amides is 1. The molecule has 1 amide bonds. The van der Waals surface area contributed by atoms with Crippen LogP contribution >= 0.6 is 11.8 Å². The number of pyridine rings is 1. The second-order valence-electron chi connectivity index (χ2n) is 6.02. The summed E-state index contributed by atoms with van der Waals surface area (Å²) in [6, 6.07) is 10.6. The molecule has 1 aliphatic rings. The fraction of sp³-hybridized carbons (Fsp3) is 0.368. The van der Waals surface area contributed by atoms with Gasteiger partial charge >= 0.3 is 0 Å². The summed E-state index contributed by atoms with van der Waals surface area (Å²) in [4.78, 5) is 19.3. The average Bonchev–Trinajstić information content (AvgIpc) is 3.17. The average molecular weight is 359 g/mol. The highest BCUT2D eigenvalue weighted by Gasteiger charge is 2.13. The number of nitrogens with zero attached hydrogens (tertiary/aromatic N) is 2. The van der Waals surface area contributed by atoms with Crippen LogP contribution in [0.25, 0.3) is 0 Å². The SMILES string of the molecule is O=C(CCSc1ccccc1F)NCc1ccnc(N2CCCC2)c1. The fourth-order valence-electron chi connectivity index (χ4n) is 2.79. The van der Waals surface area contributed by atoms with Crippen LogP contribution in [0.3, 0.4) is 0 Å². The molecule has 2 heterocycles. The molecule has 6 heteroatoms. The summed E-state index contributed by atoms with van der Waals surface area (Å²) in [5.41, 5.74) is 1.05. The van der Waals surface area contributed by atoms with Gasteiger partial charge in [0.25, 0.3) is 0 Å². The Morgan fingerprint density at radius 2 is 2.04 bits per heavy atom. The first-order valence-electron chi connectivity index (χ1n) is 8.56. The molecule has 1 N–H and O–H groups in total. The highest BCUT2D eigenvalue weighted by molar-refractivity contribution is 7.99. The van der Waals surface area contributed by atoms with Gasteiger partial charge in [-0.05, 0) is 42.7 Å². The smallest absolute Gasteiger partial charge is 0.221 e. The van der Waals surface area contributed by atoms with Crippen molar-refractivity contribution in [2.75, 3.05) is 23.7 Å². The number of anilines is 1. The number of hydrogen-bond donors (Lipinski definition) is 1. The van der Waals surface area contributed by atoms with Crippen LogP contribution in [0, 0.1) is 5.82 Å². The van der Waals surface area contributed by atoms with E-state index in [9.17, 15) is 9.18 Å². The monoisotopic (exact) mass is 359 g/mol. The van der Waals surface area contributed by atoms with Crippen molar-refractivity contribution in [3.05, 3.63) is 54.0 Å². The Balaban J connectivity index is 1.43. The van der Waals surface area contributed by atoms with E-state index in [2.05, 4.69) is 15.2 Å². The highest BCUT2D eigenvalue weighted by atomic mass is 32.2. The number of hydrogen-bond acceptors (Lipinski definition) is 4. The number of benzene rings is 1. The van der Waals surface area contributed by atoms with Crippen molar-refractivity contribution < 1.29 is 9.18 Å². The van der Waals surface area contributed by atoms with Crippen molar-refractivity contribution in [1.82, 2.24) is 10.3 Å². The molecule has 1 aliphatic heterocycles. The van der Waals surface area contributed by atoms with Crippen molar-refractivity contribution in [3.63, 3.8) is 0 Å². The predicted octanol–water partition coefficient (Wildman–Crippen LogP) is 3.62. The Hall–Kier alpha value is -2.08. The van der Waals surface area contributed by atoms with Crippen molar-refractivity contribution in [2.45, 2.75) is 30.7 Å². The lowest BCUT2D eigenvalue weighted by Gasteiger charge is -2.17. The zero-order valence-electron chi connectivity index (χ0n) is 14.1. The molecule has 0 unspecified atom stereocenters. The third kappa shape index (κ3) is 5.19. The van der Waals surface area contributed by atoms with Gasteiger partial charge in [0.15, 0.2) is 0 Å². The molecule has 132 valence electrons. The summed E-state index contributed by atoms with van der Waals surface area (Å²) in [5, 5.41) is 2.93. The van der Waals surface area contributed by atoms with Crippen LogP contribution in [-0.2, 0) is 11.3 Å². The molecular weight excluding hydrogens is 337 g/mol. The number of rotatable bonds is 7. The Kier molecular flexibility index (Phi) is 6.28. The lowest BCUT2D eigenvalue weighted by molar-refractivity contribution is -0.120. The molecule has 0 radical (unpaired) electrons. The van der Waals surface area contributed by atoms with E-state index in [-0.39, 0.29) is 11.7 Å². The molecule has 2 aromatic rings.